The largest absolute Gasteiger partial charge is 0.347 e. The van der Waals surface area contributed by atoms with Crippen LogP contribution in [0.5, 0.6) is 0 Å². The maximum Gasteiger partial charge on any atom is 0.242 e. The number of benzene rings is 1. The number of hydrogen-bond donors (Lipinski definition) is 1. The molecule has 3 atom stereocenters. The molecular formula is C25H35N3O2. The first-order chi connectivity index (χ1) is 14.4. The Balaban J connectivity index is 1.10. The molecule has 5 aliphatic rings. The SMILES string of the molecule is Cc1cccc(C(C)N2CCN(C(=O)CNC(=O)C34CC5CC(C3)C(C5)C4)CC2)c1. The third-order valence-corrected chi connectivity index (χ3v) is 8.55. The average molecular weight is 410 g/mol. The second kappa shape index (κ2) is 7.67. The van der Waals surface area contributed by atoms with Crippen LogP contribution in [0.1, 0.15) is 56.2 Å². The number of nitrogens with one attached hydrogen (secondary N) is 1. The number of amides is 2. The normalized spacial score (nSPS) is 33.7. The molecule has 5 nitrogen and oxygen atoms in total. The molecule has 1 heterocycles. The Kier molecular flexibility index (Phi) is 5.12. The van der Waals surface area contributed by atoms with E-state index < -0.39 is 0 Å². The predicted molar refractivity (Wildman–Crippen MR) is 117 cm³/mol. The van der Waals surface area contributed by atoms with Crippen LogP contribution in [0.4, 0.5) is 0 Å². The van der Waals surface area contributed by atoms with E-state index in [4.69, 9.17) is 0 Å². The summed E-state index contributed by atoms with van der Waals surface area (Å²) in [5.74, 6) is 2.52. The van der Waals surface area contributed by atoms with E-state index in [1.807, 2.05) is 4.90 Å². The summed E-state index contributed by atoms with van der Waals surface area (Å²) >= 11 is 0. The van der Waals surface area contributed by atoms with Crippen LogP contribution in [0.15, 0.2) is 24.3 Å². The molecule has 4 bridgehead atoms. The minimum absolute atomic E-state index is 0.0677. The van der Waals surface area contributed by atoms with E-state index in [1.165, 1.54) is 24.0 Å². The van der Waals surface area contributed by atoms with Gasteiger partial charge < -0.3 is 10.2 Å². The zero-order valence-corrected chi connectivity index (χ0v) is 18.4. The number of nitrogens with zero attached hydrogens (tertiary/aromatic N) is 2. The highest BCUT2D eigenvalue weighted by Gasteiger charge is 2.59. The van der Waals surface area contributed by atoms with Crippen LogP contribution in [0.25, 0.3) is 0 Å². The van der Waals surface area contributed by atoms with Gasteiger partial charge in [0.15, 0.2) is 0 Å². The number of piperazine rings is 1. The van der Waals surface area contributed by atoms with E-state index in [0.29, 0.717) is 6.04 Å². The maximum absolute atomic E-state index is 13.0. The molecule has 6 rings (SSSR count). The fraction of sp³-hybridized carbons (Fsp3) is 0.680. The van der Waals surface area contributed by atoms with Crippen LogP contribution in [-0.4, -0.2) is 54.3 Å². The van der Waals surface area contributed by atoms with Gasteiger partial charge in [-0.3, -0.25) is 14.5 Å². The second-order valence-electron chi connectivity index (χ2n) is 10.4. The molecule has 1 aliphatic heterocycles. The summed E-state index contributed by atoms with van der Waals surface area (Å²) in [5, 5.41) is 3.03. The lowest BCUT2D eigenvalue weighted by atomic mass is 9.69. The van der Waals surface area contributed by atoms with Gasteiger partial charge in [-0.2, -0.15) is 0 Å². The minimum Gasteiger partial charge on any atom is -0.347 e. The highest BCUT2D eigenvalue weighted by Crippen LogP contribution is 2.64. The molecule has 1 aromatic rings. The van der Waals surface area contributed by atoms with Gasteiger partial charge in [0, 0.05) is 37.6 Å². The van der Waals surface area contributed by atoms with Gasteiger partial charge in [-0.15, -0.1) is 0 Å². The molecule has 2 amide bonds. The van der Waals surface area contributed by atoms with Gasteiger partial charge in [0.05, 0.1) is 6.54 Å². The molecule has 3 unspecified atom stereocenters. The quantitative estimate of drug-likeness (QED) is 0.813. The molecule has 30 heavy (non-hydrogen) atoms. The Labute approximate surface area is 180 Å². The number of carbonyl (C=O) groups is 2. The molecule has 4 saturated carbocycles. The molecular weight excluding hydrogens is 374 g/mol. The molecule has 0 aromatic heterocycles. The lowest BCUT2D eigenvalue weighted by Gasteiger charge is -2.39. The number of aryl methyl sites for hydroxylation is 1. The van der Waals surface area contributed by atoms with Gasteiger partial charge in [-0.1, -0.05) is 29.8 Å². The summed E-state index contributed by atoms with van der Waals surface area (Å²) in [6.45, 7) is 7.77. The number of hydrogen-bond acceptors (Lipinski definition) is 3. The Hall–Kier alpha value is -1.88. The zero-order valence-electron chi connectivity index (χ0n) is 18.4. The van der Waals surface area contributed by atoms with Crippen molar-refractivity contribution < 1.29 is 9.59 Å². The van der Waals surface area contributed by atoms with E-state index in [-0.39, 0.29) is 23.8 Å². The third kappa shape index (κ3) is 3.55. The van der Waals surface area contributed by atoms with Crippen molar-refractivity contribution in [1.82, 2.24) is 15.1 Å². The van der Waals surface area contributed by atoms with Gasteiger partial charge >= 0.3 is 0 Å². The average Bonchev–Trinajstić information content (AvgIpc) is 3.18. The first-order valence-corrected chi connectivity index (χ1v) is 11.8. The van der Waals surface area contributed by atoms with Crippen LogP contribution >= 0.6 is 0 Å². The zero-order chi connectivity index (χ0) is 20.9. The lowest BCUT2D eigenvalue weighted by molar-refractivity contribution is -0.139. The maximum atomic E-state index is 13.0. The summed E-state index contributed by atoms with van der Waals surface area (Å²) in [5.41, 5.74) is 2.47. The molecule has 1 saturated heterocycles. The van der Waals surface area contributed by atoms with Crippen molar-refractivity contribution in [1.29, 1.82) is 0 Å². The summed E-state index contributed by atoms with van der Waals surface area (Å²) < 4.78 is 0. The molecule has 0 spiro atoms. The van der Waals surface area contributed by atoms with Crippen LogP contribution in [0, 0.1) is 30.1 Å². The van der Waals surface area contributed by atoms with Crippen molar-refractivity contribution in [3.8, 4) is 0 Å². The molecule has 5 fully saturated rings. The van der Waals surface area contributed by atoms with Gasteiger partial charge in [0.25, 0.3) is 0 Å². The van der Waals surface area contributed by atoms with Crippen molar-refractivity contribution in [3.05, 3.63) is 35.4 Å². The monoisotopic (exact) mass is 409 g/mol. The van der Waals surface area contributed by atoms with Gasteiger partial charge in [0.2, 0.25) is 11.8 Å². The molecule has 0 radical (unpaired) electrons. The highest BCUT2D eigenvalue weighted by atomic mass is 16.2. The van der Waals surface area contributed by atoms with Crippen molar-refractivity contribution in [2.75, 3.05) is 32.7 Å². The number of carbonyl (C=O) groups excluding carboxylic acids is 2. The van der Waals surface area contributed by atoms with E-state index in [0.717, 1.165) is 63.2 Å². The fourth-order valence-corrected chi connectivity index (χ4v) is 7.04. The molecule has 5 heteroatoms. The predicted octanol–water partition coefficient (Wildman–Crippen LogP) is 3.14. The summed E-state index contributed by atoms with van der Waals surface area (Å²) in [6, 6.07) is 9.04. The minimum atomic E-state index is -0.154. The van der Waals surface area contributed by atoms with Crippen molar-refractivity contribution in [2.24, 2.45) is 23.2 Å². The first kappa shape index (κ1) is 20.0. The van der Waals surface area contributed by atoms with Crippen LogP contribution in [0.2, 0.25) is 0 Å². The Morgan fingerprint density at radius 1 is 1.10 bits per heavy atom. The van der Waals surface area contributed by atoms with E-state index >= 15 is 0 Å². The summed E-state index contributed by atoms with van der Waals surface area (Å²) in [4.78, 5) is 30.1. The van der Waals surface area contributed by atoms with Crippen LogP contribution in [0.3, 0.4) is 0 Å². The van der Waals surface area contributed by atoms with Crippen LogP contribution < -0.4 is 5.32 Å². The molecule has 162 valence electrons. The van der Waals surface area contributed by atoms with E-state index in [2.05, 4.69) is 48.3 Å². The Morgan fingerprint density at radius 2 is 1.80 bits per heavy atom. The Morgan fingerprint density at radius 3 is 2.43 bits per heavy atom. The number of rotatable bonds is 5. The topological polar surface area (TPSA) is 52.6 Å². The van der Waals surface area contributed by atoms with Crippen molar-refractivity contribution >= 4 is 11.8 Å². The molecule has 4 aliphatic carbocycles. The molecule has 1 N–H and O–H groups in total. The standard InChI is InChI=1S/C25H35N3O2/c1-17-4-3-5-20(10-17)18(2)27-6-8-28(9-7-27)23(29)16-26-24(30)25-13-19-11-21(14-25)22(12-19)15-25/h3-5,10,18-19,21-22H,6-9,11-16H2,1-2H3,(H,26,30). The smallest absolute Gasteiger partial charge is 0.242 e. The van der Waals surface area contributed by atoms with E-state index in [1.54, 1.807) is 0 Å². The van der Waals surface area contributed by atoms with E-state index in [9.17, 15) is 9.59 Å². The van der Waals surface area contributed by atoms with Crippen molar-refractivity contribution in [3.63, 3.8) is 0 Å². The molecule has 1 aromatic carbocycles. The fourth-order valence-electron chi connectivity index (χ4n) is 7.04. The lowest BCUT2D eigenvalue weighted by Crippen LogP contribution is -2.52. The third-order valence-electron chi connectivity index (χ3n) is 8.55. The first-order valence-electron chi connectivity index (χ1n) is 11.8. The summed E-state index contributed by atoms with van der Waals surface area (Å²) in [7, 11) is 0. The van der Waals surface area contributed by atoms with Crippen LogP contribution in [-0.2, 0) is 9.59 Å². The summed E-state index contributed by atoms with van der Waals surface area (Å²) in [6.07, 6.45) is 5.84. The Bertz CT molecular complexity index is 810. The van der Waals surface area contributed by atoms with Crippen molar-refractivity contribution in [2.45, 2.75) is 52.0 Å². The van der Waals surface area contributed by atoms with Gasteiger partial charge in [0.1, 0.15) is 0 Å². The second-order valence-corrected chi connectivity index (χ2v) is 10.4. The highest BCUT2D eigenvalue weighted by molar-refractivity contribution is 5.88. The van der Waals surface area contributed by atoms with Gasteiger partial charge in [-0.25, -0.2) is 0 Å². The van der Waals surface area contributed by atoms with Gasteiger partial charge in [-0.05, 0) is 69.3 Å².